The van der Waals surface area contributed by atoms with Gasteiger partial charge >= 0.3 is 6.18 Å². The molecule has 158 valence electrons. The Kier molecular flexibility index (Phi) is 5.24. The molecule has 0 aliphatic carbocycles. The first-order valence-electron chi connectivity index (χ1n) is 8.23. The second-order valence-electron chi connectivity index (χ2n) is 6.22. The Balaban J connectivity index is 1.97. The molecule has 1 aromatic carbocycles. The zero-order valence-electron chi connectivity index (χ0n) is 15.5. The first-order valence-corrected chi connectivity index (χ1v) is 9.67. The molecular weight excluding hydrogens is 427 g/mol. The lowest BCUT2D eigenvalue weighted by Gasteiger charge is -2.15. The molecule has 0 atom stereocenters. The van der Waals surface area contributed by atoms with Crippen molar-refractivity contribution in [1.29, 1.82) is 0 Å². The number of halogens is 3. The third-order valence-corrected chi connectivity index (χ3v) is 6.01. The SMILES string of the molecule is Cc1ccc([N+](=O)[O-])cc1S(=O)(=O)N(C)N=Cc1cnc2ccc(C(F)(F)F)cn12. The van der Waals surface area contributed by atoms with Crippen molar-refractivity contribution < 1.29 is 26.5 Å². The van der Waals surface area contributed by atoms with E-state index < -0.39 is 32.4 Å². The molecule has 0 unspecified atom stereocenters. The summed E-state index contributed by atoms with van der Waals surface area (Å²) in [6.45, 7) is 1.47. The summed E-state index contributed by atoms with van der Waals surface area (Å²) < 4.78 is 66.0. The van der Waals surface area contributed by atoms with Gasteiger partial charge in [0.15, 0.2) is 0 Å². The van der Waals surface area contributed by atoms with Crippen LogP contribution in [-0.4, -0.2) is 40.4 Å². The first kappa shape index (κ1) is 21.2. The van der Waals surface area contributed by atoms with Crippen molar-refractivity contribution in [1.82, 2.24) is 13.8 Å². The van der Waals surface area contributed by atoms with Gasteiger partial charge in [-0.3, -0.25) is 14.5 Å². The predicted octanol–water partition coefficient (Wildman–Crippen LogP) is 3.22. The minimum atomic E-state index is -4.56. The minimum absolute atomic E-state index is 0.105. The summed E-state index contributed by atoms with van der Waals surface area (Å²) in [5.74, 6) is 0. The third-order valence-electron chi connectivity index (χ3n) is 4.22. The van der Waals surface area contributed by atoms with Crippen molar-refractivity contribution in [3.8, 4) is 0 Å². The molecule has 0 N–H and O–H groups in total. The van der Waals surface area contributed by atoms with E-state index in [0.29, 0.717) is 4.41 Å². The molecule has 0 aliphatic rings. The van der Waals surface area contributed by atoms with E-state index in [4.69, 9.17) is 0 Å². The lowest BCUT2D eigenvalue weighted by atomic mass is 10.2. The zero-order valence-corrected chi connectivity index (χ0v) is 16.3. The van der Waals surface area contributed by atoms with Crippen LogP contribution in [0.2, 0.25) is 0 Å². The van der Waals surface area contributed by atoms with Crippen LogP contribution in [0.5, 0.6) is 0 Å². The fourth-order valence-electron chi connectivity index (χ4n) is 2.59. The predicted molar refractivity (Wildman–Crippen MR) is 101 cm³/mol. The summed E-state index contributed by atoms with van der Waals surface area (Å²) in [5, 5.41) is 14.7. The van der Waals surface area contributed by atoms with Crippen LogP contribution in [0.25, 0.3) is 5.65 Å². The van der Waals surface area contributed by atoms with E-state index in [-0.39, 0.29) is 21.8 Å². The van der Waals surface area contributed by atoms with Crippen LogP contribution in [0.3, 0.4) is 0 Å². The topological polar surface area (TPSA) is 110 Å². The van der Waals surface area contributed by atoms with E-state index in [9.17, 15) is 31.7 Å². The van der Waals surface area contributed by atoms with Crippen LogP contribution < -0.4 is 0 Å². The third kappa shape index (κ3) is 3.96. The number of hydrazone groups is 1. The van der Waals surface area contributed by atoms with Crippen LogP contribution in [-0.2, 0) is 16.2 Å². The fourth-order valence-corrected chi connectivity index (χ4v) is 3.79. The van der Waals surface area contributed by atoms with Crippen molar-refractivity contribution in [3.05, 3.63) is 69.7 Å². The van der Waals surface area contributed by atoms with Gasteiger partial charge in [-0.05, 0) is 24.6 Å². The van der Waals surface area contributed by atoms with Gasteiger partial charge in [-0.2, -0.15) is 31.1 Å². The van der Waals surface area contributed by atoms with Gasteiger partial charge in [0.2, 0.25) is 0 Å². The number of alkyl halides is 3. The van der Waals surface area contributed by atoms with E-state index in [2.05, 4.69) is 10.1 Å². The van der Waals surface area contributed by atoms with Crippen LogP contribution in [0.15, 0.2) is 52.7 Å². The quantitative estimate of drug-likeness (QED) is 0.343. The number of nitro benzene ring substituents is 1. The number of rotatable bonds is 5. The van der Waals surface area contributed by atoms with Gasteiger partial charge in [0.25, 0.3) is 15.7 Å². The Morgan fingerprint density at radius 3 is 2.60 bits per heavy atom. The number of benzene rings is 1. The average Bonchev–Trinajstić information content (AvgIpc) is 3.07. The molecule has 2 aromatic heterocycles. The number of pyridine rings is 1. The van der Waals surface area contributed by atoms with Crippen molar-refractivity contribution >= 4 is 27.6 Å². The van der Waals surface area contributed by atoms with E-state index in [1.54, 1.807) is 0 Å². The molecule has 0 saturated heterocycles. The van der Waals surface area contributed by atoms with Gasteiger partial charge in [-0.25, -0.2) is 4.98 Å². The maximum absolute atomic E-state index is 12.9. The Hall–Kier alpha value is -3.48. The summed E-state index contributed by atoms with van der Waals surface area (Å²) in [7, 11) is -3.14. The molecule has 0 saturated carbocycles. The van der Waals surface area contributed by atoms with Gasteiger partial charge in [0, 0.05) is 25.4 Å². The maximum atomic E-state index is 12.9. The molecular formula is C17H14F3N5O4S. The molecule has 3 aromatic rings. The Bertz CT molecular complexity index is 1270. The normalized spacial score (nSPS) is 12.6. The van der Waals surface area contributed by atoms with Gasteiger partial charge in [0.05, 0.1) is 33.5 Å². The summed E-state index contributed by atoms with van der Waals surface area (Å²) in [6.07, 6.45) is -1.47. The highest BCUT2D eigenvalue weighted by atomic mass is 32.2. The minimum Gasteiger partial charge on any atom is -0.298 e. The Labute approximate surface area is 168 Å². The molecule has 2 heterocycles. The molecule has 9 nitrogen and oxygen atoms in total. The number of nitrogens with zero attached hydrogens (tertiary/aromatic N) is 5. The highest BCUT2D eigenvalue weighted by molar-refractivity contribution is 7.89. The van der Waals surface area contributed by atoms with Crippen LogP contribution in [0.4, 0.5) is 18.9 Å². The highest BCUT2D eigenvalue weighted by Crippen LogP contribution is 2.29. The van der Waals surface area contributed by atoms with Crippen LogP contribution >= 0.6 is 0 Å². The monoisotopic (exact) mass is 441 g/mol. The second-order valence-corrected chi connectivity index (χ2v) is 8.14. The summed E-state index contributed by atoms with van der Waals surface area (Å²) in [5.41, 5.74) is -0.723. The number of aromatic nitrogens is 2. The van der Waals surface area contributed by atoms with Crippen molar-refractivity contribution in [2.75, 3.05) is 7.05 Å². The number of sulfonamides is 1. The van der Waals surface area contributed by atoms with E-state index >= 15 is 0 Å². The summed E-state index contributed by atoms with van der Waals surface area (Å²) in [4.78, 5) is 13.9. The van der Waals surface area contributed by atoms with E-state index in [1.807, 2.05) is 0 Å². The standard InChI is InChI=1S/C17H14F3N5O4S/c1-11-3-5-13(25(26)27)7-15(11)30(28,29)23(2)22-9-14-8-21-16-6-4-12(10-24(14)16)17(18,19)20/h3-10H,1-2H3. The molecule has 0 radical (unpaired) electrons. The lowest BCUT2D eigenvalue weighted by molar-refractivity contribution is -0.385. The van der Waals surface area contributed by atoms with E-state index in [1.165, 1.54) is 31.3 Å². The molecule has 0 bridgehead atoms. The number of aryl methyl sites for hydroxylation is 1. The molecule has 0 spiro atoms. The van der Waals surface area contributed by atoms with Crippen molar-refractivity contribution in [2.45, 2.75) is 18.0 Å². The number of imidazole rings is 1. The Morgan fingerprint density at radius 1 is 1.27 bits per heavy atom. The lowest BCUT2D eigenvalue weighted by Crippen LogP contribution is -2.23. The molecule has 13 heteroatoms. The second kappa shape index (κ2) is 7.40. The van der Waals surface area contributed by atoms with Crippen molar-refractivity contribution in [2.24, 2.45) is 5.10 Å². The molecule has 3 rings (SSSR count). The Morgan fingerprint density at radius 2 is 1.97 bits per heavy atom. The molecule has 0 aliphatic heterocycles. The summed E-state index contributed by atoms with van der Waals surface area (Å²) in [6, 6.07) is 5.44. The zero-order chi connectivity index (χ0) is 22.3. The van der Waals surface area contributed by atoms with Gasteiger partial charge in [0.1, 0.15) is 5.65 Å². The molecule has 30 heavy (non-hydrogen) atoms. The average molecular weight is 441 g/mol. The smallest absolute Gasteiger partial charge is 0.298 e. The first-order chi connectivity index (χ1) is 13.9. The number of hydrogen-bond acceptors (Lipinski definition) is 6. The molecule has 0 fully saturated rings. The number of non-ortho nitro benzene ring substituents is 1. The van der Waals surface area contributed by atoms with Crippen LogP contribution in [0, 0.1) is 17.0 Å². The van der Waals surface area contributed by atoms with Gasteiger partial charge in [-0.1, -0.05) is 6.07 Å². The number of hydrogen-bond donors (Lipinski definition) is 0. The largest absolute Gasteiger partial charge is 0.417 e. The summed E-state index contributed by atoms with van der Waals surface area (Å²) >= 11 is 0. The highest BCUT2D eigenvalue weighted by Gasteiger charge is 2.31. The van der Waals surface area contributed by atoms with Crippen molar-refractivity contribution in [3.63, 3.8) is 0 Å². The number of nitro groups is 1. The fraction of sp³-hybridized carbons (Fsp3) is 0.176. The molecule has 0 amide bonds. The van der Waals surface area contributed by atoms with Crippen LogP contribution in [0.1, 0.15) is 16.8 Å². The maximum Gasteiger partial charge on any atom is 0.417 e. The number of fused-ring (bicyclic) bond motifs is 1. The van der Waals surface area contributed by atoms with Gasteiger partial charge in [-0.15, -0.1) is 0 Å². The van der Waals surface area contributed by atoms with Gasteiger partial charge < -0.3 is 0 Å². The van der Waals surface area contributed by atoms with E-state index in [0.717, 1.165) is 36.0 Å².